The molecule has 13 heteroatoms. The molecule has 0 bridgehead atoms. The third-order valence-corrected chi connectivity index (χ3v) is 6.41. The van der Waals surface area contributed by atoms with Crippen LogP contribution in [0.1, 0.15) is 21.5 Å². The zero-order chi connectivity index (χ0) is 29.1. The second kappa shape index (κ2) is 12.0. The van der Waals surface area contributed by atoms with Crippen LogP contribution in [-0.2, 0) is 12.1 Å². The van der Waals surface area contributed by atoms with Gasteiger partial charge in [0.15, 0.2) is 16.7 Å². The molecule has 3 aromatic carbocycles. The Morgan fingerprint density at radius 1 is 0.900 bits per heavy atom. The Hall–Kier alpha value is -3.41. The van der Waals surface area contributed by atoms with Crippen molar-refractivity contribution in [2.75, 3.05) is 6.54 Å². The second-order valence-electron chi connectivity index (χ2n) is 8.17. The highest BCUT2D eigenvalue weighted by atomic mass is 79.9. The van der Waals surface area contributed by atoms with Gasteiger partial charge in [-0.2, -0.15) is 22.0 Å². The van der Waals surface area contributed by atoms with Crippen LogP contribution >= 0.6 is 39.1 Å². The number of pyridine rings is 1. The third-order valence-electron chi connectivity index (χ3n) is 5.33. The Balaban J connectivity index is 1.72. The van der Waals surface area contributed by atoms with E-state index in [1.165, 1.54) is 30.3 Å². The fourth-order valence-electron chi connectivity index (χ4n) is 3.47. The number of amides is 1. The molecule has 4 aromatic rings. The van der Waals surface area contributed by atoms with Crippen LogP contribution in [0.4, 0.5) is 22.0 Å². The molecule has 40 heavy (non-hydrogen) atoms. The smallest absolute Gasteiger partial charge is 0.416 e. The van der Waals surface area contributed by atoms with Gasteiger partial charge in [0, 0.05) is 10.0 Å². The lowest BCUT2D eigenvalue weighted by Crippen LogP contribution is -2.35. The number of carbonyl (C=O) groups is 1. The minimum atomic E-state index is -4.67. The van der Waals surface area contributed by atoms with Gasteiger partial charge in [0.2, 0.25) is 0 Å². The van der Waals surface area contributed by atoms with Gasteiger partial charge in [-0.05, 0) is 42.5 Å². The van der Waals surface area contributed by atoms with Crippen molar-refractivity contribution in [1.29, 1.82) is 0 Å². The summed E-state index contributed by atoms with van der Waals surface area (Å²) in [6.07, 6.45) is -3.70. The first-order valence-corrected chi connectivity index (χ1v) is 12.8. The number of hydrogen-bond acceptors (Lipinski definition) is 4. The molecule has 0 aliphatic rings. The number of nitrogens with zero attached hydrogens (tertiary/aromatic N) is 1. The predicted octanol–water partition coefficient (Wildman–Crippen LogP) is 9.28. The van der Waals surface area contributed by atoms with Crippen molar-refractivity contribution in [1.82, 2.24) is 10.3 Å². The minimum Gasteiger partial charge on any atom is -0.455 e. The van der Waals surface area contributed by atoms with Crippen molar-refractivity contribution in [3.8, 4) is 23.0 Å². The molecule has 1 N–H and O–H groups in total. The number of benzene rings is 3. The van der Waals surface area contributed by atoms with Crippen molar-refractivity contribution in [3.05, 3.63) is 110 Å². The molecule has 0 radical (unpaired) electrons. The summed E-state index contributed by atoms with van der Waals surface area (Å²) in [6.45, 7) is -1.19. The second-order valence-corrected chi connectivity index (χ2v) is 9.85. The van der Waals surface area contributed by atoms with E-state index in [2.05, 4.69) is 26.2 Å². The molecule has 0 saturated carbocycles. The van der Waals surface area contributed by atoms with E-state index in [0.29, 0.717) is 10.5 Å². The van der Waals surface area contributed by atoms with Crippen molar-refractivity contribution < 1.29 is 36.2 Å². The van der Waals surface area contributed by atoms with Crippen LogP contribution in [-0.4, -0.2) is 17.4 Å². The summed E-state index contributed by atoms with van der Waals surface area (Å²) >= 11 is 15.3. The summed E-state index contributed by atoms with van der Waals surface area (Å²) in [5.74, 6) is -5.57. The van der Waals surface area contributed by atoms with E-state index in [4.69, 9.17) is 32.7 Å². The number of rotatable bonds is 8. The Kier molecular flexibility index (Phi) is 8.86. The maximum Gasteiger partial charge on any atom is 0.416 e. The number of para-hydroxylation sites is 1. The Morgan fingerprint density at radius 3 is 2.27 bits per heavy atom. The fourth-order valence-corrected chi connectivity index (χ4v) is 4.46. The third kappa shape index (κ3) is 7.01. The fraction of sp³-hybridized carbons (Fsp3) is 0.111. The van der Waals surface area contributed by atoms with E-state index in [1.54, 1.807) is 18.2 Å². The monoisotopic (exact) mass is 660 g/mol. The van der Waals surface area contributed by atoms with Crippen LogP contribution in [0.15, 0.2) is 83.5 Å². The number of hydrogen-bond donors (Lipinski definition) is 1. The highest BCUT2D eigenvalue weighted by Gasteiger charge is 2.36. The van der Waals surface area contributed by atoms with Crippen LogP contribution in [0.2, 0.25) is 10.2 Å². The van der Waals surface area contributed by atoms with Gasteiger partial charge in [0.1, 0.15) is 17.1 Å². The van der Waals surface area contributed by atoms with Crippen molar-refractivity contribution in [3.63, 3.8) is 0 Å². The Labute approximate surface area is 243 Å². The van der Waals surface area contributed by atoms with Crippen LogP contribution < -0.4 is 14.8 Å². The first-order valence-electron chi connectivity index (χ1n) is 11.2. The summed E-state index contributed by atoms with van der Waals surface area (Å²) in [5.41, 5.74) is -2.02. The van der Waals surface area contributed by atoms with E-state index in [-0.39, 0.29) is 27.4 Å². The van der Waals surface area contributed by atoms with E-state index < -0.39 is 47.0 Å². The zero-order valence-electron chi connectivity index (χ0n) is 19.9. The Bertz CT molecular complexity index is 1540. The largest absolute Gasteiger partial charge is 0.455 e. The molecule has 1 amide bonds. The van der Waals surface area contributed by atoms with Gasteiger partial charge in [-0.15, -0.1) is 0 Å². The minimum absolute atomic E-state index is 0.212. The summed E-state index contributed by atoms with van der Waals surface area (Å²) in [4.78, 5) is 17.3. The van der Waals surface area contributed by atoms with E-state index >= 15 is 8.78 Å². The average Bonchev–Trinajstić information content (AvgIpc) is 2.89. The first-order chi connectivity index (χ1) is 18.8. The molecule has 1 heterocycles. The van der Waals surface area contributed by atoms with Gasteiger partial charge >= 0.3 is 6.18 Å². The molecule has 1 aromatic heterocycles. The molecule has 0 spiro atoms. The van der Waals surface area contributed by atoms with E-state index in [9.17, 15) is 18.0 Å². The molecule has 4 rings (SSSR count). The average molecular weight is 662 g/mol. The molecule has 0 atom stereocenters. The topological polar surface area (TPSA) is 60.5 Å². The zero-order valence-corrected chi connectivity index (χ0v) is 23.0. The summed E-state index contributed by atoms with van der Waals surface area (Å²) in [6, 6.07) is 15.6. The molecule has 208 valence electrons. The van der Waals surface area contributed by atoms with Crippen molar-refractivity contribution >= 4 is 45.0 Å². The first kappa shape index (κ1) is 29.6. The molecule has 5 nitrogen and oxygen atoms in total. The SMILES string of the molecule is O=C(NCC(F)(F)c1ccc(Br)cc1Cl)c1c(Oc2cccc(C(F)(F)F)c2)cnc(Cl)c1Oc1ccccc1. The molecule has 0 aliphatic heterocycles. The van der Waals surface area contributed by atoms with Gasteiger partial charge in [0.05, 0.1) is 23.3 Å². The summed E-state index contributed by atoms with van der Waals surface area (Å²) in [7, 11) is 0. The number of ether oxygens (including phenoxy) is 2. The van der Waals surface area contributed by atoms with Crippen LogP contribution in [0.3, 0.4) is 0 Å². The summed E-state index contributed by atoms with van der Waals surface area (Å²) < 4.78 is 81.5. The number of halogens is 8. The molecule has 0 unspecified atom stereocenters. The molecule has 0 fully saturated rings. The standard InChI is InChI=1S/C27H16BrCl2F5N2O3/c28-16-9-10-19(20(29)12-16)26(31,32)14-37-25(38)22-21(39-18-8-4-5-15(11-18)27(33,34)35)13-36-24(30)23(22)40-17-6-2-1-3-7-17/h1-13H,14H2,(H,37,38). The summed E-state index contributed by atoms with van der Waals surface area (Å²) in [5, 5.41) is 1.55. The van der Waals surface area contributed by atoms with Gasteiger partial charge < -0.3 is 14.8 Å². The van der Waals surface area contributed by atoms with Gasteiger partial charge in [-0.25, -0.2) is 4.98 Å². The maximum atomic E-state index is 15.0. The van der Waals surface area contributed by atoms with Crippen LogP contribution in [0.25, 0.3) is 0 Å². The van der Waals surface area contributed by atoms with E-state index in [0.717, 1.165) is 24.4 Å². The number of nitrogens with one attached hydrogen (secondary N) is 1. The van der Waals surface area contributed by atoms with Gasteiger partial charge in [-0.3, -0.25) is 4.79 Å². The molecule has 0 saturated heterocycles. The van der Waals surface area contributed by atoms with Crippen LogP contribution in [0, 0.1) is 0 Å². The lowest BCUT2D eigenvalue weighted by atomic mass is 10.1. The highest BCUT2D eigenvalue weighted by molar-refractivity contribution is 9.10. The van der Waals surface area contributed by atoms with Gasteiger partial charge in [0.25, 0.3) is 11.8 Å². The lowest BCUT2D eigenvalue weighted by Gasteiger charge is -2.21. The van der Waals surface area contributed by atoms with Crippen LogP contribution in [0.5, 0.6) is 23.0 Å². The predicted molar refractivity (Wildman–Crippen MR) is 143 cm³/mol. The number of aromatic nitrogens is 1. The Morgan fingerprint density at radius 2 is 1.60 bits per heavy atom. The number of carbonyl (C=O) groups excluding carboxylic acids is 1. The maximum absolute atomic E-state index is 15.0. The van der Waals surface area contributed by atoms with Crippen molar-refractivity contribution in [2.45, 2.75) is 12.1 Å². The highest BCUT2D eigenvalue weighted by Crippen LogP contribution is 2.40. The molecule has 0 aliphatic carbocycles. The number of alkyl halides is 5. The molecular formula is C27H16BrCl2F5N2O3. The molecular weight excluding hydrogens is 646 g/mol. The quantitative estimate of drug-likeness (QED) is 0.151. The van der Waals surface area contributed by atoms with Crippen molar-refractivity contribution in [2.24, 2.45) is 0 Å². The lowest BCUT2D eigenvalue weighted by molar-refractivity contribution is -0.137. The normalized spacial score (nSPS) is 11.7. The van der Waals surface area contributed by atoms with E-state index in [1.807, 2.05) is 0 Å². The van der Waals surface area contributed by atoms with Gasteiger partial charge in [-0.1, -0.05) is 69.5 Å².